The van der Waals surface area contributed by atoms with E-state index in [1.165, 1.54) is 19.1 Å². The van der Waals surface area contributed by atoms with Gasteiger partial charge >= 0.3 is 12.1 Å². The summed E-state index contributed by atoms with van der Waals surface area (Å²) in [6.07, 6.45) is 0.670. The van der Waals surface area contributed by atoms with Crippen LogP contribution in [0.3, 0.4) is 0 Å². The van der Waals surface area contributed by atoms with Gasteiger partial charge in [0.2, 0.25) is 6.29 Å². The van der Waals surface area contributed by atoms with E-state index in [4.69, 9.17) is 23.7 Å². The molecule has 1 saturated heterocycles. The zero-order chi connectivity index (χ0) is 28.8. The molecule has 0 bridgehead atoms. The average Bonchev–Trinajstić information content (AvgIpc) is 3.21. The molecule has 4 aliphatic carbocycles. The molecule has 10 heteroatoms. The van der Waals surface area contributed by atoms with Crippen LogP contribution in [-0.4, -0.2) is 64.7 Å². The fourth-order valence-corrected chi connectivity index (χ4v) is 8.28. The molecule has 216 valence electrons. The fourth-order valence-electron chi connectivity index (χ4n) is 8.28. The van der Waals surface area contributed by atoms with Crippen molar-refractivity contribution in [3.05, 3.63) is 23.8 Å². The van der Waals surface area contributed by atoms with E-state index in [0.717, 1.165) is 0 Å². The minimum absolute atomic E-state index is 0.0923. The molecule has 1 heterocycles. The second-order valence-corrected chi connectivity index (χ2v) is 12.9. The molecule has 4 fully saturated rings. The number of aliphatic hydroxyl groups excluding tert-OH is 1. The van der Waals surface area contributed by atoms with Crippen LogP contribution in [0, 0.1) is 22.7 Å². The molecule has 9 nitrogen and oxygen atoms in total. The lowest BCUT2D eigenvalue weighted by atomic mass is 9.45. The third kappa shape index (κ3) is 3.84. The lowest BCUT2D eigenvalue weighted by molar-refractivity contribution is -0.258. The Morgan fingerprint density at radius 2 is 1.79 bits per heavy atom. The Morgan fingerprint density at radius 3 is 2.46 bits per heavy atom. The van der Waals surface area contributed by atoms with Gasteiger partial charge in [-0.05, 0) is 78.4 Å². The maximum absolute atomic E-state index is 17.5. The van der Waals surface area contributed by atoms with Gasteiger partial charge in [0, 0.05) is 23.7 Å². The summed E-state index contributed by atoms with van der Waals surface area (Å²) in [4.78, 5) is 38.1. The highest BCUT2D eigenvalue weighted by Gasteiger charge is 2.81. The number of halogens is 1. The molecular weight excluding hydrogens is 511 g/mol. The Labute approximate surface area is 228 Å². The molecule has 0 aromatic rings. The zero-order valence-electron chi connectivity index (χ0n) is 23.6. The Morgan fingerprint density at radius 1 is 1.10 bits per heavy atom. The molecule has 0 aromatic carbocycles. The van der Waals surface area contributed by atoms with Crippen LogP contribution in [0.25, 0.3) is 0 Å². The van der Waals surface area contributed by atoms with Gasteiger partial charge in [0.05, 0.1) is 12.2 Å². The van der Waals surface area contributed by atoms with Gasteiger partial charge in [-0.2, -0.15) is 0 Å². The first-order valence-corrected chi connectivity index (χ1v) is 13.8. The first-order valence-electron chi connectivity index (χ1n) is 13.8. The second-order valence-electron chi connectivity index (χ2n) is 12.9. The first kappa shape index (κ1) is 28.2. The summed E-state index contributed by atoms with van der Waals surface area (Å²) in [5.41, 5.74) is -5.27. The second kappa shape index (κ2) is 8.85. The van der Waals surface area contributed by atoms with Crippen molar-refractivity contribution < 1.29 is 47.6 Å². The largest absolute Gasteiger partial charge is 0.511 e. The number of alkyl halides is 1. The van der Waals surface area contributed by atoms with Crippen molar-refractivity contribution in [1.29, 1.82) is 0 Å². The van der Waals surface area contributed by atoms with E-state index >= 15 is 4.39 Å². The normalized spacial score (nSPS) is 44.5. The van der Waals surface area contributed by atoms with Gasteiger partial charge in [0.15, 0.2) is 22.8 Å². The Kier molecular flexibility index (Phi) is 6.41. The van der Waals surface area contributed by atoms with Crippen LogP contribution in [-0.2, 0) is 33.3 Å². The van der Waals surface area contributed by atoms with E-state index in [1.54, 1.807) is 40.7 Å². The third-order valence-corrected chi connectivity index (χ3v) is 9.80. The number of allylic oxidation sites excluding steroid dienone is 4. The van der Waals surface area contributed by atoms with Crippen LogP contribution in [0.5, 0.6) is 0 Å². The Hall–Kier alpha value is -2.30. The van der Waals surface area contributed by atoms with Crippen molar-refractivity contribution in [1.82, 2.24) is 0 Å². The summed E-state index contributed by atoms with van der Waals surface area (Å²) in [6.45, 7) is 11.7. The van der Waals surface area contributed by atoms with Gasteiger partial charge in [0.1, 0.15) is 6.10 Å². The van der Waals surface area contributed by atoms with Crippen molar-refractivity contribution in [2.75, 3.05) is 0 Å². The standard InChI is InChI=1S/C29H39FO9/c1-15(2)35-24(34)37-16(3)36-23(33)29-22(38-25(4,5)39-29)13-20-19-9-8-17-12-18(31)10-11-26(17,6)28(19,30)21(32)14-27(20,29)7/h10-12,15-16,19-22,32H,8-9,13-14H2,1-7H3/t16?,19-,20-,21-,22+,26-,27-,28-,29-/m0/s1. The van der Waals surface area contributed by atoms with E-state index in [1.807, 2.05) is 6.92 Å². The number of rotatable bonds is 4. The number of ether oxygens (including phenoxy) is 5. The molecule has 5 rings (SSSR count). The van der Waals surface area contributed by atoms with Crippen LogP contribution >= 0.6 is 0 Å². The highest BCUT2D eigenvalue weighted by Crippen LogP contribution is 2.72. The van der Waals surface area contributed by atoms with Crippen LogP contribution in [0.1, 0.15) is 74.1 Å². The number of fused-ring (bicyclic) bond motifs is 7. The van der Waals surface area contributed by atoms with Crippen molar-refractivity contribution in [3.8, 4) is 0 Å². The number of aliphatic hydroxyl groups is 1. The van der Waals surface area contributed by atoms with E-state index in [9.17, 15) is 19.5 Å². The Balaban J connectivity index is 1.50. The molecule has 0 spiro atoms. The summed E-state index contributed by atoms with van der Waals surface area (Å²) in [7, 11) is 0. The lowest BCUT2D eigenvalue weighted by Crippen LogP contribution is -2.70. The molecule has 0 radical (unpaired) electrons. The van der Waals surface area contributed by atoms with E-state index < -0.39 is 76.4 Å². The molecule has 9 atom stereocenters. The minimum atomic E-state index is -2.06. The number of hydrogen-bond acceptors (Lipinski definition) is 9. The number of esters is 1. The predicted octanol–water partition coefficient (Wildman–Crippen LogP) is 4.31. The van der Waals surface area contributed by atoms with Gasteiger partial charge in [-0.15, -0.1) is 0 Å². The fraction of sp³-hybridized carbons (Fsp3) is 0.759. The molecule has 0 amide bonds. The monoisotopic (exact) mass is 550 g/mol. The Bertz CT molecular complexity index is 1150. The van der Waals surface area contributed by atoms with Crippen LogP contribution in [0.15, 0.2) is 23.8 Å². The maximum atomic E-state index is 17.5. The third-order valence-electron chi connectivity index (χ3n) is 9.80. The maximum Gasteiger partial charge on any atom is 0.511 e. The number of carbonyl (C=O) groups is 3. The zero-order valence-corrected chi connectivity index (χ0v) is 23.6. The molecule has 1 aliphatic heterocycles. The van der Waals surface area contributed by atoms with Crippen LogP contribution in [0.4, 0.5) is 9.18 Å². The molecule has 3 saturated carbocycles. The average molecular weight is 551 g/mol. The molecule has 5 aliphatic rings. The van der Waals surface area contributed by atoms with Crippen molar-refractivity contribution in [2.24, 2.45) is 22.7 Å². The predicted molar refractivity (Wildman–Crippen MR) is 135 cm³/mol. The minimum Gasteiger partial charge on any atom is -0.431 e. The summed E-state index contributed by atoms with van der Waals surface area (Å²) < 4.78 is 45.8. The van der Waals surface area contributed by atoms with E-state index in [-0.39, 0.29) is 12.2 Å². The van der Waals surface area contributed by atoms with Gasteiger partial charge < -0.3 is 28.8 Å². The molecule has 1 unspecified atom stereocenters. The lowest BCUT2D eigenvalue weighted by Gasteiger charge is -2.62. The summed E-state index contributed by atoms with van der Waals surface area (Å²) in [6, 6.07) is 0. The smallest absolute Gasteiger partial charge is 0.431 e. The SMILES string of the molecule is CC(C)OC(=O)OC(C)OC(=O)[C@@]12OC(C)(C)O[C@@H]1C[C@H]1[C@@H]3CCC4=CC(=O)C=C[C@]4(C)[C@@]3(F)[C@@H](O)C[C@@]12C. The van der Waals surface area contributed by atoms with Crippen LogP contribution < -0.4 is 0 Å². The van der Waals surface area contributed by atoms with Crippen molar-refractivity contribution in [3.63, 3.8) is 0 Å². The van der Waals surface area contributed by atoms with E-state index in [2.05, 4.69) is 0 Å². The van der Waals surface area contributed by atoms with Gasteiger partial charge in [-0.3, -0.25) is 4.79 Å². The highest BCUT2D eigenvalue weighted by atomic mass is 19.1. The van der Waals surface area contributed by atoms with Crippen LogP contribution in [0.2, 0.25) is 0 Å². The molecule has 1 N–H and O–H groups in total. The number of hydrogen-bond donors (Lipinski definition) is 1. The summed E-state index contributed by atoms with van der Waals surface area (Å²) >= 11 is 0. The number of ketones is 1. The first-order chi connectivity index (χ1) is 18.0. The van der Waals surface area contributed by atoms with Gasteiger partial charge in [-0.1, -0.05) is 18.6 Å². The quantitative estimate of drug-likeness (QED) is 0.404. The molecule has 0 aromatic heterocycles. The summed E-state index contributed by atoms with van der Waals surface area (Å²) in [5, 5.41) is 11.6. The van der Waals surface area contributed by atoms with Gasteiger partial charge in [0.25, 0.3) is 0 Å². The topological polar surface area (TPSA) is 118 Å². The van der Waals surface area contributed by atoms with Crippen molar-refractivity contribution in [2.45, 2.75) is 116 Å². The van der Waals surface area contributed by atoms with Crippen molar-refractivity contribution >= 4 is 17.9 Å². The number of carbonyl (C=O) groups excluding carboxylic acids is 3. The molecular formula is C29H39FO9. The summed E-state index contributed by atoms with van der Waals surface area (Å²) in [5.74, 6) is -3.15. The molecule has 39 heavy (non-hydrogen) atoms. The van der Waals surface area contributed by atoms with Gasteiger partial charge in [-0.25, -0.2) is 14.0 Å². The highest BCUT2D eigenvalue weighted by molar-refractivity contribution is 6.01. The van der Waals surface area contributed by atoms with E-state index in [0.29, 0.717) is 24.8 Å².